The number of carbonyl (C=O) groups is 2. The first-order valence-corrected chi connectivity index (χ1v) is 9.10. The first-order chi connectivity index (χ1) is 11.5. The van der Waals surface area contributed by atoms with E-state index in [1.54, 1.807) is 0 Å². The number of aliphatic carboxylic acids is 1. The minimum atomic E-state index is -1.20. The van der Waals surface area contributed by atoms with E-state index in [1.165, 1.54) is 19.3 Å². The molecule has 0 radical (unpaired) electrons. The van der Waals surface area contributed by atoms with Crippen molar-refractivity contribution in [2.24, 2.45) is 23.2 Å². The molecule has 0 aromatic heterocycles. The Balaban J connectivity index is 1.48. The summed E-state index contributed by atoms with van der Waals surface area (Å²) >= 11 is 0. The average molecular weight is 326 g/mol. The first kappa shape index (κ1) is 15.7. The molecule has 4 aliphatic carbocycles. The zero-order valence-corrected chi connectivity index (χ0v) is 13.9. The standard InChI is InChI=1S/C20H25NO3/c22-18(23)17(9-13-4-2-1-3-5-13)21-19(24)20-10-14-6-15(11-20)8-16(7-14)12-20/h1-5,14-17H,6-12H2,(H,21,24)(H,22,23)/p-1/t14?,15?,16?,17-,20?/m1/s1. The van der Waals surface area contributed by atoms with E-state index in [2.05, 4.69) is 5.32 Å². The molecule has 1 amide bonds. The Morgan fingerprint density at radius 2 is 1.58 bits per heavy atom. The normalized spacial score (nSPS) is 34.8. The van der Waals surface area contributed by atoms with Crippen LogP contribution in [0.5, 0.6) is 0 Å². The molecule has 4 bridgehead atoms. The van der Waals surface area contributed by atoms with Crippen molar-refractivity contribution in [2.45, 2.75) is 51.0 Å². The fourth-order valence-electron chi connectivity index (χ4n) is 5.74. The van der Waals surface area contributed by atoms with Gasteiger partial charge in [0.25, 0.3) is 0 Å². The third kappa shape index (κ3) is 2.83. The maximum Gasteiger partial charge on any atom is 0.226 e. The van der Waals surface area contributed by atoms with E-state index in [-0.39, 0.29) is 17.7 Å². The van der Waals surface area contributed by atoms with Crippen LogP contribution in [0.1, 0.15) is 44.1 Å². The molecule has 0 unspecified atom stereocenters. The highest BCUT2D eigenvalue weighted by Gasteiger charge is 2.54. The highest BCUT2D eigenvalue weighted by Crippen LogP contribution is 2.60. The van der Waals surface area contributed by atoms with Crippen LogP contribution in [0.15, 0.2) is 30.3 Å². The van der Waals surface area contributed by atoms with Crippen molar-refractivity contribution in [3.8, 4) is 0 Å². The van der Waals surface area contributed by atoms with Gasteiger partial charge in [0, 0.05) is 5.41 Å². The van der Waals surface area contributed by atoms with Crippen LogP contribution in [-0.4, -0.2) is 17.9 Å². The Morgan fingerprint density at radius 1 is 1.04 bits per heavy atom. The lowest BCUT2D eigenvalue weighted by molar-refractivity contribution is -0.308. The molecule has 0 spiro atoms. The summed E-state index contributed by atoms with van der Waals surface area (Å²) in [7, 11) is 0. The third-order valence-corrected chi connectivity index (χ3v) is 6.39. The van der Waals surface area contributed by atoms with Gasteiger partial charge in [0.1, 0.15) is 0 Å². The number of hydrogen-bond donors (Lipinski definition) is 1. The van der Waals surface area contributed by atoms with Crippen molar-refractivity contribution in [1.29, 1.82) is 0 Å². The maximum atomic E-state index is 13.0. The second kappa shape index (κ2) is 5.91. The quantitative estimate of drug-likeness (QED) is 0.895. The Morgan fingerprint density at radius 3 is 2.08 bits per heavy atom. The predicted molar refractivity (Wildman–Crippen MR) is 87.7 cm³/mol. The monoisotopic (exact) mass is 326 g/mol. The fourth-order valence-corrected chi connectivity index (χ4v) is 5.74. The van der Waals surface area contributed by atoms with Gasteiger partial charge in [-0.05, 0) is 68.3 Å². The Hall–Kier alpha value is -1.84. The predicted octanol–water partition coefficient (Wildman–Crippen LogP) is 1.68. The topological polar surface area (TPSA) is 69.2 Å². The highest BCUT2D eigenvalue weighted by atomic mass is 16.4. The lowest BCUT2D eigenvalue weighted by Crippen LogP contribution is -2.58. The molecule has 0 heterocycles. The molecule has 4 nitrogen and oxygen atoms in total. The summed E-state index contributed by atoms with van der Waals surface area (Å²) in [4.78, 5) is 24.5. The van der Waals surface area contributed by atoms with E-state index in [9.17, 15) is 14.7 Å². The van der Waals surface area contributed by atoms with Gasteiger partial charge in [-0.15, -0.1) is 0 Å². The Kier molecular flexibility index (Phi) is 3.86. The largest absolute Gasteiger partial charge is 0.548 e. The molecule has 1 N–H and O–H groups in total. The van der Waals surface area contributed by atoms with E-state index in [0.29, 0.717) is 17.8 Å². The molecule has 5 rings (SSSR count). The van der Waals surface area contributed by atoms with Gasteiger partial charge in [0.05, 0.1) is 12.0 Å². The Labute approximate surface area is 142 Å². The van der Waals surface area contributed by atoms with E-state index in [1.807, 2.05) is 30.3 Å². The average Bonchev–Trinajstić information content (AvgIpc) is 2.53. The molecule has 0 saturated heterocycles. The van der Waals surface area contributed by atoms with Crippen LogP contribution in [-0.2, 0) is 16.0 Å². The molecule has 4 aliphatic rings. The molecule has 1 atom stereocenters. The molecule has 128 valence electrons. The summed E-state index contributed by atoms with van der Waals surface area (Å²) < 4.78 is 0. The van der Waals surface area contributed by atoms with Crippen molar-refractivity contribution < 1.29 is 14.7 Å². The number of benzene rings is 1. The number of hydrogen-bond acceptors (Lipinski definition) is 3. The number of carboxylic acid groups (broad SMARTS) is 1. The van der Waals surface area contributed by atoms with Crippen molar-refractivity contribution >= 4 is 11.9 Å². The van der Waals surface area contributed by atoms with Crippen LogP contribution in [0.4, 0.5) is 0 Å². The van der Waals surface area contributed by atoms with E-state index >= 15 is 0 Å². The fraction of sp³-hybridized carbons (Fsp3) is 0.600. The SMILES string of the molecule is O=C([O-])[C@@H](Cc1ccccc1)NC(=O)C12CC3CC(CC(C3)C1)C2. The van der Waals surface area contributed by atoms with Gasteiger partial charge in [0.2, 0.25) is 5.91 Å². The number of carbonyl (C=O) groups excluding carboxylic acids is 2. The molecular formula is C20H24NO3-. The molecule has 1 aromatic rings. The molecule has 4 fully saturated rings. The highest BCUT2D eigenvalue weighted by molar-refractivity contribution is 5.87. The van der Waals surface area contributed by atoms with Gasteiger partial charge in [0.15, 0.2) is 0 Å². The van der Waals surface area contributed by atoms with Gasteiger partial charge in [-0.1, -0.05) is 30.3 Å². The summed E-state index contributed by atoms with van der Waals surface area (Å²) in [5.41, 5.74) is 0.580. The van der Waals surface area contributed by atoms with Crippen LogP contribution in [0.3, 0.4) is 0 Å². The van der Waals surface area contributed by atoms with E-state index in [0.717, 1.165) is 24.8 Å². The van der Waals surface area contributed by atoms with Crippen LogP contribution < -0.4 is 10.4 Å². The van der Waals surface area contributed by atoms with Gasteiger partial charge in [-0.3, -0.25) is 4.79 Å². The van der Waals surface area contributed by atoms with Crippen molar-refractivity contribution in [1.82, 2.24) is 5.32 Å². The molecular weight excluding hydrogens is 302 g/mol. The number of carboxylic acids is 1. The number of nitrogens with one attached hydrogen (secondary N) is 1. The summed E-state index contributed by atoms with van der Waals surface area (Å²) in [5.74, 6) is 0.747. The molecule has 4 heteroatoms. The minimum absolute atomic E-state index is 0.0493. The maximum absolute atomic E-state index is 13.0. The zero-order valence-electron chi connectivity index (χ0n) is 13.9. The van der Waals surface area contributed by atoms with E-state index in [4.69, 9.17) is 0 Å². The molecule has 4 saturated carbocycles. The zero-order chi connectivity index (χ0) is 16.7. The smallest absolute Gasteiger partial charge is 0.226 e. The summed E-state index contributed by atoms with van der Waals surface area (Å²) in [5, 5.41) is 14.4. The summed E-state index contributed by atoms with van der Waals surface area (Å²) in [6.45, 7) is 0. The van der Waals surface area contributed by atoms with Gasteiger partial charge < -0.3 is 15.2 Å². The van der Waals surface area contributed by atoms with Crippen LogP contribution >= 0.6 is 0 Å². The van der Waals surface area contributed by atoms with Crippen molar-refractivity contribution in [3.05, 3.63) is 35.9 Å². The lowest BCUT2D eigenvalue weighted by atomic mass is 9.49. The number of amides is 1. The van der Waals surface area contributed by atoms with Crippen LogP contribution in [0.2, 0.25) is 0 Å². The second-order valence-corrected chi connectivity index (χ2v) is 8.23. The van der Waals surface area contributed by atoms with Crippen LogP contribution in [0.25, 0.3) is 0 Å². The molecule has 24 heavy (non-hydrogen) atoms. The van der Waals surface area contributed by atoms with Crippen molar-refractivity contribution in [3.63, 3.8) is 0 Å². The molecule has 1 aromatic carbocycles. The second-order valence-electron chi connectivity index (χ2n) is 8.23. The Bertz CT molecular complexity index is 604. The van der Waals surface area contributed by atoms with E-state index < -0.39 is 12.0 Å². The molecule has 0 aliphatic heterocycles. The van der Waals surface area contributed by atoms with Crippen LogP contribution in [0, 0.1) is 23.2 Å². The van der Waals surface area contributed by atoms with Gasteiger partial charge in [-0.2, -0.15) is 0 Å². The van der Waals surface area contributed by atoms with Gasteiger partial charge in [-0.25, -0.2) is 0 Å². The van der Waals surface area contributed by atoms with Crippen molar-refractivity contribution in [2.75, 3.05) is 0 Å². The minimum Gasteiger partial charge on any atom is -0.548 e. The van der Waals surface area contributed by atoms with Gasteiger partial charge >= 0.3 is 0 Å². The first-order valence-electron chi connectivity index (χ1n) is 9.10. The summed E-state index contributed by atoms with van der Waals surface area (Å²) in [6, 6.07) is 8.46. The summed E-state index contributed by atoms with van der Waals surface area (Å²) in [6.07, 6.45) is 6.89. The lowest BCUT2D eigenvalue weighted by Gasteiger charge is -2.55. The third-order valence-electron chi connectivity index (χ3n) is 6.39. The number of rotatable bonds is 5.